The van der Waals surface area contributed by atoms with Crippen molar-refractivity contribution >= 4 is 12.2 Å². The molecule has 4 rings (SSSR count). The van der Waals surface area contributed by atoms with Crippen molar-refractivity contribution in [3.63, 3.8) is 0 Å². The average molecular weight is 503 g/mol. The van der Waals surface area contributed by atoms with Gasteiger partial charge in [-0.25, -0.2) is 14.2 Å². The minimum Gasteiger partial charge on any atom is -0.480 e. The molecule has 1 amide bonds. The van der Waals surface area contributed by atoms with Crippen LogP contribution in [-0.4, -0.2) is 33.4 Å². The SMILES string of the molecule is COc1nc(-c2cccc(-c3cccc(-c4c(C(N)=O)c(=O)n(C)c(=O)n4C)c3C)c2F)ccc1C=O. The molecule has 4 aromatic rings. The van der Waals surface area contributed by atoms with Gasteiger partial charge in [-0.15, -0.1) is 0 Å². The van der Waals surface area contributed by atoms with Crippen LogP contribution in [0.1, 0.15) is 26.3 Å². The summed E-state index contributed by atoms with van der Waals surface area (Å²) >= 11 is 0. The molecule has 2 heterocycles. The molecule has 10 heteroatoms. The van der Waals surface area contributed by atoms with E-state index in [4.69, 9.17) is 10.5 Å². The second kappa shape index (κ2) is 9.65. The number of hydrogen-bond acceptors (Lipinski definition) is 6. The zero-order valence-electron chi connectivity index (χ0n) is 20.5. The van der Waals surface area contributed by atoms with Crippen LogP contribution in [0, 0.1) is 12.7 Å². The minimum atomic E-state index is -0.983. The number of aromatic nitrogens is 3. The van der Waals surface area contributed by atoms with E-state index in [1.165, 1.54) is 37.9 Å². The first kappa shape index (κ1) is 25.2. The molecule has 0 aliphatic rings. The zero-order chi connectivity index (χ0) is 27.0. The molecule has 2 aromatic heterocycles. The third kappa shape index (κ3) is 4.12. The minimum absolute atomic E-state index is 0.0485. The number of rotatable bonds is 6. The molecular weight excluding hydrogens is 479 g/mol. The van der Waals surface area contributed by atoms with Crippen molar-refractivity contribution in [3.8, 4) is 39.5 Å². The van der Waals surface area contributed by atoms with Gasteiger partial charge < -0.3 is 10.5 Å². The van der Waals surface area contributed by atoms with Crippen molar-refractivity contribution in [2.45, 2.75) is 6.92 Å². The first-order chi connectivity index (χ1) is 17.6. The Bertz CT molecular complexity index is 1700. The highest BCUT2D eigenvalue weighted by Gasteiger charge is 2.24. The van der Waals surface area contributed by atoms with Gasteiger partial charge >= 0.3 is 5.69 Å². The van der Waals surface area contributed by atoms with Gasteiger partial charge in [-0.3, -0.25) is 23.5 Å². The van der Waals surface area contributed by atoms with Crippen LogP contribution in [0.4, 0.5) is 4.39 Å². The quantitative estimate of drug-likeness (QED) is 0.404. The maximum atomic E-state index is 15.9. The van der Waals surface area contributed by atoms with Gasteiger partial charge in [0.25, 0.3) is 11.5 Å². The highest BCUT2D eigenvalue weighted by molar-refractivity contribution is 5.99. The van der Waals surface area contributed by atoms with E-state index in [1.807, 2.05) is 0 Å². The number of carbonyl (C=O) groups is 2. The van der Waals surface area contributed by atoms with E-state index in [2.05, 4.69) is 4.98 Å². The number of carbonyl (C=O) groups excluding carboxylic acids is 2. The zero-order valence-corrected chi connectivity index (χ0v) is 20.5. The fourth-order valence-corrected chi connectivity index (χ4v) is 4.36. The Labute approximate surface area is 210 Å². The first-order valence-corrected chi connectivity index (χ1v) is 11.1. The Kier molecular flexibility index (Phi) is 6.58. The molecule has 0 saturated carbocycles. The number of amides is 1. The van der Waals surface area contributed by atoms with Crippen molar-refractivity contribution in [1.29, 1.82) is 0 Å². The van der Waals surface area contributed by atoms with Crippen molar-refractivity contribution in [2.75, 3.05) is 7.11 Å². The lowest BCUT2D eigenvalue weighted by Crippen LogP contribution is -2.42. The maximum absolute atomic E-state index is 15.9. The third-order valence-corrected chi connectivity index (χ3v) is 6.27. The number of ether oxygens (including phenoxy) is 1. The van der Waals surface area contributed by atoms with E-state index in [9.17, 15) is 19.2 Å². The summed E-state index contributed by atoms with van der Waals surface area (Å²) in [6, 6.07) is 12.8. The van der Waals surface area contributed by atoms with Crippen LogP contribution < -0.4 is 21.7 Å². The van der Waals surface area contributed by atoms with Crippen LogP contribution in [0.15, 0.2) is 58.1 Å². The predicted molar refractivity (Wildman–Crippen MR) is 136 cm³/mol. The average Bonchev–Trinajstić information content (AvgIpc) is 2.89. The van der Waals surface area contributed by atoms with Crippen molar-refractivity contribution in [2.24, 2.45) is 19.8 Å². The van der Waals surface area contributed by atoms with Gasteiger partial charge in [-0.05, 0) is 36.2 Å². The van der Waals surface area contributed by atoms with Gasteiger partial charge in [0.1, 0.15) is 11.4 Å². The first-order valence-electron chi connectivity index (χ1n) is 11.1. The Morgan fingerprint density at radius 2 is 1.59 bits per heavy atom. The van der Waals surface area contributed by atoms with Crippen molar-refractivity contribution in [1.82, 2.24) is 14.1 Å². The third-order valence-electron chi connectivity index (χ3n) is 6.27. The van der Waals surface area contributed by atoms with Crippen LogP contribution >= 0.6 is 0 Å². The number of halogens is 1. The second-order valence-corrected chi connectivity index (χ2v) is 8.35. The fourth-order valence-electron chi connectivity index (χ4n) is 4.36. The summed E-state index contributed by atoms with van der Waals surface area (Å²) in [6.45, 7) is 1.70. The molecule has 0 fully saturated rings. The normalized spacial score (nSPS) is 10.8. The monoisotopic (exact) mass is 502 g/mol. The molecule has 0 atom stereocenters. The number of nitrogens with two attached hydrogens (primary N) is 1. The number of hydrogen-bond donors (Lipinski definition) is 1. The molecular formula is C27H23FN4O5. The fraction of sp³-hybridized carbons (Fsp3) is 0.148. The van der Waals surface area contributed by atoms with Crippen molar-refractivity contribution < 1.29 is 18.7 Å². The van der Waals surface area contributed by atoms with E-state index in [0.717, 1.165) is 4.57 Å². The van der Waals surface area contributed by atoms with E-state index in [1.54, 1.807) is 43.3 Å². The highest BCUT2D eigenvalue weighted by Crippen LogP contribution is 2.36. The Morgan fingerprint density at radius 3 is 2.22 bits per heavy atom. The smallest absolute Gasteiger partial charge is 0.330 e. The van der Waals surface area contributed by atoms with Crippen LogP contribution in [-0.2, 0) is 14.1 Å². The van der Waals surface area contributed by atoms with Crippen LogP contribution in [0.2, 0.25) is 0 Å². The standard InChI is InChI=1S/C27H23FN4O5/c1-14-16(7-5-8-17(14)23-21(24(29)34)26(35)32(3)27(36)31(23)2)18-9-6-10-19(22(18)28)20-12-11-15(13-33)25(30-20)37-4/h5-13H,1-4H3,(H2,29,34). The molecule has 0 spiro atoms. The lowest BCUT2D eigenvalue weighted by molar-refractivity contribution is 0.0997. The summed E-state index contributed by atoms with van der Waals surface area (Å²) < 4.78 is 23.0. The molecule has 0 radical (unpaired) electrons. The summed E-state index contributed by atoms with van der Waals surface area (Å²) in [5, 5.41) is 0. The number of primary amides is 1. The van der Waals surface area contributed by atoms with E-state index in [-0.39, 0.29) is 39.5 Å². The number of nitrogens with zero attached hydrogens (tertiary/aromatic N) is 3. The largest absolute Gasteiger partial charge is 0.480 e. The molecule has 0 aliphatic heterocycles. The van der Waals surface area contributed by atoms with Gasteiger partial charge in [0.05, 0.1) is 24.1 Å². The molecule has 9 nitrogen and oxygen atoms in total. The van der Waals surface area contributed by atoms with Gasteiger partial charge in [0, 0.05) is 30.8 Å². The van der Waals surface area contributed by atoms with Gasteiger partial charge in [-0.1, -0.05) is 30.3 Å². The van der Waals surface area contributed by atoms with Crippen molar-refractivity contribution in [3.05, 3.63) is 91.9 Å². The maximum Gasteiger partial charge on any atom is 0.330 e. The highest BCUT2D eigenvalue weighted by atomic mass is 19.1. The number of aldehydes is 1. The predicted octanol–water partition coefficient (Wildman–Crippen LogP) is 2.85. The van der Waals surface area contributed by atoms with Gasteiger partial charge in [-0.2, -0.15) is 0 Å². The summed E-state index contributed by atoms with van der Waals surface area (Å²) in [7, 11) is 4.06. The number of pyridine rings is 1. The lowest BCUT2D eigenvalue weighted by Gasteiger charge is -2.18. The summed E-state index contributed by atoms with van der Waals surface area (Å²) in [6.07, 6.45) is 0.599. The molecule has 0 unspecified atom stereocenters. The summed E-state index contributed by atoms with van der Waals surface area (Å²) in [5.74, 6) is -1.49. The molecule has 2 N–H and O–H groups in total. The van der Waals surface area contributed by atoms with Gasteiger partial charge in [0.2, 0.25) is 5.88 Å². The van der Waals surface area contributed by atoms with Gasteiger partial charge in [0.15, 0.2) is 6.29 Å². The summed E-state index contributed by atoms with van der Waals surface area (Å²) in [4.78, 5) is 53.1. The Balaban J connectivity index is 1.97. The van der Waals surface area contributed by atoms with E-state index < -0.39 is 23.0 Å². The number of methoxy groups -OCH3 is 1. The Hall–Kier alpha value is -4.86. The molecule has 37 heavy (non-hydrogen) atoms. The van der Waals surface area contributed by atoms with Crippen LogP contribution in [0.25, 0.3) is 33.6 Å². The summed E-state index contributed by atoms with van der Waals surface area (Å²) in [5.41, 5.74) is 6.05. The molecule has 0 aliphatic carbocycles. The molecule has 2 aromatic carbocycles. The molecule has 0 bridgehead atoms. The van der Waals surface area contributed by atoms with E-state index >= 15 is 4.39 Å². The lowest BCUT2D eigenvalue weighted by atomic mass is 9.91. The molecule has 188 valence electrons. The van der Waals surface area contributed by atoms with E-state index in [0.29, 0.717) is 23.0 Å². The topological polar surface area (TPSA) is 126 Å². The Morgan fingerprint density at radius 1 is 0.973 bits per heavy atom. The van der Waals surface area contributed by atoms with Crippen LogP contribution in [0.3, 0.4) is 0 Å². The number of benzene rings is 2. The molecule has 0 saturated heterocycles. The van der Waals surface area contributed by atoms with Crippen LogP contribution in [0.5, 0.6) is 5.88 Å². The second-order valence-electron chi connectivity index (χ2n) is 8.35.